The van der Waals surface area contributed by atoms with Gasteiger partial charge in [-0.25, -0.2) is 4.68 Å². The number of aliphatic hydroxyl groups is 1. The maximum absolute atomic E-state index is 10.8. The molecular formula is C10H15N3O2. The van der Waals surface area contributed by atoms with E-state index < -0.39 is 0 Å². The van der Waals surface area contributed by atoms with Crippen LogP contribution in [0.25, 0.3) is 0 Å². The highest BCUT2D eigenvalue weighted by Gasteiger charge is 2.32. The Hall–Kier alpha value is -1.23. The van der Waals surface area contributed by atoms with Crippen molar-refractivity contribution in [3.63, 3.8) is 0 Å². The van der Waals surface area contributed by atoms with Crippen LogP contribution in [0.4, 0.5) is 0 Å². The van der Waals surface area contributed by atoms with Crippen LogP contribution in [-0.4, -0.2) is 33.0 Å². The van der Waals surface area contributed by atoms with Gasteiger partial charge >= 0.3 is 0 Å². The van der Waals surface area contributed by atoms with Crippen molar-refractivity contribution in [1.82, 2.24) is 15.0 Å². The van der Waals surface area contributed by atoms with E-state index in [4.69, 9.17) is 0 Å². The molecule has 0 bridgehead atoms. The second-order valence-electron chi connectivity index (χ2n) is 3.94. The predicted octanol–water partition coefficient (Wildman–Crippen LogP) is 0.911. The van der Waals surface area contributed by atoms with E-state index in [1.807, 2.05) is 6.92 Å². The van der Waals surface area contributed by atoms with Crippen LogP contribution in [0.15, 0.2) is 0 Å². The topological polar surface area (TPSA) is 68.0 Å². The predicted molar refractivity (Wildman–Crippen MR) is 53.8 cm³/mol. The summed E-state index contributed by atoms with van der Waals surface area (Å²) in [4.78, 5) is 10.8. The van der Waals surface area contributed by atoms with Gasteiger partial charge in [-0.05, 0) is 19.3 Å². The maximum Gasteiger partial charge on any atom is 0.172 e. The molecule has 5 heteroatoms. The van der Waals surface area contributed by atoms with Gasteiger partial charge in [0.05, 0.1) is 18.3 Å². The van der Waals surface area contributed by atoms with Crippen LogP contribution in [0, 0.1) is 0 Å². The number of rotatable bonds is 5. The molecule has 1 atom stereocenters. The maximum atomic E-state index is 10.8. The first-order chi connectivity index (χ1) is 7.31. The summed E-state index contributed by atoms with van der Waals surface area (Å²) in [6.07, 6.45) is 3.73. The molecule has 1 saturated carbocycles. The van der Waals surface area contributed by atoms with Crippen molar-refractivity contribution in [2.24, 2.45) is 0 Å². The van der Waals surface area contributed by atoms with Gasteiger partial charge in [0.15, 0.2) is 6.29 Å². The smallest absolute Gasteiger partial charge is 0.172 e. The van der Waals surface area contributed by atoms with E-state index in [0.717, 1.165) is 31.2 Å². The molecule has 82 valence electrons. The summed E-state index contributed by atoms with van der Waals surface area (Å²) in [5, 5.41) is 17.0. The average Bonchev–Trinajstić information content (AvgIpc) is 3.01. The van der Waals surface area contributed by atoms with Crippen molar-refractivity contribution < 1.29 is 9.90 Å². The number of carbonyl (C=O) groups is 1. The molecule has 1 N–H and O–H groups in total. The fraction of sp³-hybridized carbons (Fsp3) is 0.700. The molecule has 0 aromatic carbocycles. The van der Waals surface area contributed by atoms with Crippen LogP contribution in [0.2, 0.25) is 0 Å². The number of nitrogens with zero attached hydrogens (tertiary/aromatic N) is 3. The quantitative estimate of drug-likeness (QED) is 0.732. The lowest BCUT2D eigenvalue weighted by Crippen LogP contribution is -2.16. The normalized spacial score (nSPS) is 17.7. The van der Waals surface area contributed by atoms with E-state index in [1.165, 1.54) is 0 Å². The van der Waals surface area contributed by atoms with Gasteiger partial charge in [-0.3, -0.25) is 4.79 Å². The minimum absolute atomic E-state index is 0.0396. The lowest BCUT2D eigenvalue weighted by atomic mass is 10.2. The van der Waals surface area contributed by atoms with Crippen LogP contribution in [0.1, 0.15) is 54.3 Å². The average molecular weight is 209 g/mol. The Labute approximate surface area is 88.1 Å². The van der Waals surface area contributed by atoms with Crippen molar-refractivity contribution >= 4 is 6.29 Å². The fourth-order valence-electron chi connectivity index (χ4n) is 1.80. The fourth-order valence-corrected chi connectivity index (χ4v) is 1.80. The van der Waals surface area contributed by atoms with Crippen LogP contribution in [0.3, 0.4) is 0 Å². The first-order valence-corrected chi connectivity index (χ1v) is 5.32. The van der Waals surface area contributed by atoms with E-state index in [2.05, 4.69) is 10.3 Å². The molecule has 5 nitrogen and oxygen atoms in total. The van der Waals surface area contributed by atoms with Crippen molar-refractivity contribution in [1.29, 1.82) is 0 Å². The van der Waals surface area contributed by atoms with Gasteiger partial charge in [0.25, 0.3) is 0 Å². The third-order valence-electron chi connectivity index (χ3n) is 2.86. The van der Waals surface area contributed by atoms with E-state index in [1.54, 1.807) is 4.68 Å². The monoisotopic (exact) mass is 209 g/mol. The highest BCUT2D eigenvalue weighted by Crippen LogP contribution is 2.41. The Morgan fingerprint density at radius 1 is 1.67 bits per heavy atom. The summed E-state index contributed by atoms with van der Waals surface area (Å²) in [7, 11) is 0. The molecule has 1 aromatic heterocycles. The van der Waals surface area contributed by atoms with Crippen LogP contribution < -0.4 is 0 Å². The summed E-state index contributed by atoms with van der Waals surface area (Å²) in [5.74, 6) is 0.417. The van der Waals surface area contributed by atoms with Gasteiger partial charge in [0.1, 0.15) is 5.69 Å². The summed E-state index contributed by atoms with van der Waals surface area (Å²) in [6.45, 7) is 2.03. The molecule has 0 aliphatic heterocycles. The van der Waals surface area contributed by atoms with Gasteiger partial charge in [-0.15, -0.1) is 5.10 Å². The number of carbonyl (C=O) groups excluding carboxylic acids is 1. The SMILES string of the molecule is CCC(CO)n1nnc(C=O)c1C1CC1. The van der Waals surface area contributed by atoms with Gasteiger partial charge in [-0.1, -0.05) is 12.1 Å². The number of aliphatic hydroxyl groups excluding tert-OH is 1. The third kappa shape index (κ3) is 1.79. The Morgan fingerprint density at radius 2 is 2.40 bits per heavy atom. The van der Waals surface area contributed by atoms with Crippen molar-refractivity contribution in [2.75, 3.05) is 6.61 Å². The standard InChI is InChI=1S/C10H15N3O2/c1-2-8(5-14)13-10(7-3-4-7)9(6-15)11-12-13/h6-8,14H,2-5H2,1H3. The Kier molecular flexibility index (Phi) is 2.81. The van der Waals surface area contributed by atoms with Gasteiger partial charge in [-0.2, -0.15) is 0 Å². The minimum atomic E-state index is -0.0539. The highest BCUT2D eigenvalue weighted by atomic mass is 16.3. The largest absolute Gasteiger partial charge is 0.394 e. The second-order valence-corrected chi connectivity index (χ2v) is 3.94. The van der Waals surface area contributed by atoms with Crippen molar-refractivity contribution in [3.05, 3.63) is 11.4 Å². The lowest BCUT2D eigenvalue weighted by molar-refractivity contribution is 0.111. The van der Waals surface area contributed by atoms with Crippen molar-refractivity contribution in [3.8, 4) is 0 Å². The van der Waals surface area contributed by atoms with Gasteiger partial charge in [0.2, 0.25) is 0 Å². The third-order valence-corrected chi connectivity index (χ3v) is 2.86. The first-order valence-electron chi connectivity index (χ1n) is 5.32. The first kappa shape index (κ1) is 10.3. The van der Waals surface area contributed by atoms with Crippen molar-refractivity contribution in [2.45, 2.75) is 38.1 Å². The van der Waals surface area contributed by atoms with Crippen LogP contribution >= 0.6 is 0 Å². The van der Waals surface area contributed by atoms with Gasteiger partial charge in [0, 0.05) is 5.92 Å². The zero-order valence-corrected chi connectivity index (χ0v) is 8.76. The highest BCUT2D eigenvalue weighted by molar-refractivity contribution is 5.73. The zero-order valence-electron chi connectivity index (χ0n) is 8.76. The summed E-state index contributed by atoms with van der Waals surface area (Å²) in [5.41, 5.74) is 1.34. The van der Waals surface area contributed by atoms with Gasteiger partial charge < -0.3 is 5.11 Å². The molecule has 1 unspecified atom stereocenters. The molecule has 1 heterocycles. The second kappa shape index (κ2) is 4.10. The Morgan fingerprint density at radius 3 is 2.87 bits per heavy atom. The zero-order chi connectivity index (χ0) is 10.8. The summed E-state index contributed by atoms with van der Waals surface area (Å²) >= 11 is 0. The molecule has 1 aromatic rings. The molecule has 2 rings (SSSR count). The number of aldehydes is 1. The van der Waals surface area contributed by atoms with Crippen LogP contribution in [0.5, 0.6) is 0 Å². The molecular weight excluding hydrogens is 194 g/mol. The molecule has 1 fully saturated rings. The molecule has 1 aliphatic carbocycles. The summed E-state index contributed by atoms with van der Waals surface area (Å²) < 4.78 is 1.72. The number of hydrogen-bond donors (Lipinski definition) is 1. The molecule has 0 saturated heterocycles. The Bertz CT molecular complexity index is 354. The van der Waals surface area contributed by atoms with E-state index in [-0.39, 0.29) is 12.6 Å². The molecule has 0 radical (unpaired) electrons. The van der Waals surface area contributed by atoms with E-state index in [9.17, 15) is 9.90 Å². The molecule has 15 heavy (non-hydrogen) atoms. The molecule has 0 amide bonds. The Balaban J connectivity index is 2.37. The van der Waals surface area contributed by atoms with E-state index in [0.29, 0.717) is 11.6 Å². The minimum Gasteiger partial charge on any atom is -0.394 e. The number of hydrogen-bond acceptors (Lipinski definition) is 4. The van der Waals surface area contributed by atoms with E-state index >= 15 is 0 Å². The summed E-state index contributed by atoms with van der Waals surface area (Å²) in [6, 6.07) is -0.0539. The van der Waals surface area contributed by atoms with Crippen LogP contribution in [-0.2, 0) is 0 Å². The lowest BCUT2D eigenvalue weighted by Gasteiger charge is -2.14. The molecule has 0 spiro atoms. The number of aromatic nitrogens is 3. The molecule has 1 aliphatic rings.